The lowest BCUT2D eigenvalue weighted by Gasteiger charge is -2.21. The van der Waals surface area contributed by atoms with Gasteiger partial charge in [-0.05, 0) is 45.1 Å². The highest BCUT2D eigenvalue weighted by Crippen LogP contribution is 2.23. The second-order valence-electron chi connectivity index (χ2n) is 6.66. The summed E-state index contributed by atoms with van der Waals surface area (Å²) in [6.07, 6.45) is 6.56. The number of nitrogens with zero attached hydrogens (tertiary/aromatic N) is 2. The molecule has 0 spiro atoms. The molecule has 0 unspecified atom stereocenters. The first kappa shape index (κ1) is 15.1. The van der Waals surface area contributed by atoms with E-state index in [2.05, 4.69) is 20.7 Å². The molecule has 1 amide bonds. The van der Waals surface area contributed by atoms with Crippen molar-refractivity contribution in [3.8, 4) is 0 Å². The van der Waals surface area contributed by atoms with Gasteiger partial charge in [0.15, 0.2) is 5.60 Å². The molecule has 0 radical (unpaired) electrons. The first-order valence-corrected chi connectivity index (χ1v) is 8.09. The van der Waals surface area contributed by atoms with Gasteiger partial charge in [-0.3, -0.25) is 9.89 Å². The molecular weight excluding hydrogens is 280 g/mol. The van der Waals surface area contributed by atoms with Gasteiger partial charge in [0.05, 0.1) is 18.0 Å². The molecule has 1 atom stereocenters. The molecule has 1 aliphatic heterocycles. The fourth-order valence-electron chi connectivity index (χ4n) is 3.25. The van der Waals surface area contributed by atoms with Gasteiger partial charge in [-0.15, -0.1) is 0 Å². The van der Waals surface area contributed by atoms with E-state index in [1.54, 1.807) is 0 Å². The Morgan fingerprint density at radius 3 is 3.00 bits per heavy atom. The summed E-state index contributed by atoms with van der Waals surface area (Å²) in [5.41, 5.74) is 4.24. The van der Waals surface area contributed by atoms with Crippen molar-refractivity contribution >= 4 is 11.6 Å². The van der Waals surface area contributed by atoms with Gasteiger partial charge in [-0.25, -0.2) is 0 Å². The molecule has 1 aromatic heterocycles. The average Bonchev–Trinajstić information content (AvgIpc) is 3.07. The molecule has 6 heteroatoms. The summed E-state index contributed by atoms with van der Waals surface area (Å²) < 4.78 is 0. The van der Waals surface area contributed by atoms with E-state index in [0.717, 1.165) is 30.7 Å². The number of aromatic amines is 1. The van der Waals surface area contributed by atoms with E-state index in [0.29, 0.717) is 19.4 Å². The molecule has 3 rings (SSSR count). The van der Waals surface area contributed by atoms with Gasteiger partial charge in [0.2, 0.25) is 5.91 Å². The van der Waals surface area contributed by atoms with Crippen molar-refractivity contribution in [2.75, 3.05) is 6.54 Å². The molecule has 1 aliphatic carbocycles. The van der Waals surface area contributed by atoms with E-state index in [1.165, 1.54) is 24.1 Å². The fraction of sp³-hybridized carbons (Fsp3) is 0.688. The van der Waals surface area contributed by atoms with Crippen LogP contribution in [0.15, 0.2) is 5.16 Å². The minimum Gasteiger partial charge on any atom is -0.387 e. The molecule has 2 heterocycles. The van der Waals surface area contributed by atoms with E-state index in [9.17, 15) is 4.79 Å². The molecule has 1 aromatic rings. The Bertz CT molecular complexity index is 593. The first-order chi connectivity index (χ1) is 10.6. The van der Waals surface area contributed by atoms with E-state index in [1.807, 2.05) is 13.8 Å². The van der Waals surface area contributed by atoms with Crippen LogP contribution in [0.4, 0.5) is 0 Å². The fourth-order valence-corrected chi connectivity index (χ4v) is 3.25. The molecule has 6 nitrogen and oxygen atoms in total. The van der Waals surface area contributed by atoms with E-state index >= 15 is 0 Å². The molecule has 0 saturated heterocycles. The molecule has 0 saturated carbocycles. The molecule has 2 N–H and O–H groups in total. The second-order valence-corrected chi connectivity index (χ2v) is 6.66. The van der Waals surface area contributed by atoms with Crippen LogP contribution in [0, 0.1) is 0 Å². The third-order valence-electron chi connectivity index (χ3n) is 4.44. The summed E-state index contributed by atoms with van der Waals surface area (Å²) in [7, 11) is 0. The second kappa shape index (κ2) is 6.10. The molecule has 120 valence electrons. The molecular formula is C16H24N4O2. The van der Waals surface area contributed by atoms with Crippen molar-refractivity contribution in [2.24, 2.45) is 5.16 Å². The maximum Gasteiger partial charge on any atom is 0.220 e. The normalized spacial score (nSPS) is 23.6. The summed E-state index contributed by atoms with van der Waals surface area (Å²) in [4.78, 5) is 17.4. The molecule has 0 aromatic carbocycles. The number of amides is 1. The van der Waals surface area contributed by atoms with Crippen molar-refractivity contribution in [3.05, 3.63) is 17.0 Å². The van der Waals surface area contributed by atoms with Crippen LogP contribution in [-0.4, -0.2) is 34.0 Å². The summed E-state index contributed by atoms with van der Waals surface area (Å²) in [6, 6.07) is 0. The number of H-pyrrole nitrogens is 1. The quantitative estimate of drug-likeness (QED) is 0.872. The van der Waals surface area contributed by atoms with Gasteiger partial charge in [0.25, 0.3) is 0 Å². The lowest BCUT2D eigenvalue weighted by Crippen LogP contribution is -2.40. The van der Waals surface area contributed by atoms with E-state index < -0.39 is 5.60 Å². The zero-order valence-corrected chi connectivity index (χ0v) is 13.4. The highest BCUT2D eigenvalue weighted by molar-refractivity contribution is 5.83. The van der Waals surface area contributed by atoms with Crippen LogP contribution in [0.2, 0.25) is 0 Å². The number of nitrogens with one attached hydrogen (secondary N) is 2. The monoisotopic (exact) mass is 304 g/mol. The molecule has 0 fully saturated rings. The minimum atomic E-state index is -0.398. The van der Waals surface area contributed by atoms with Crippen LogP contribution in [0.25, 0.3) is 0 Å². The smallest absolute Gasteiger partial charge is 0.220 e. The Hall–Kier alpha value is -1.85. The predicted molar refractivity (Wildman–Crippen MR) is 83.8 cm³/mol. The summed E-state index contributed by atoms with van der Waals surface area (Å²) >= 11 is 0. The largest absolute Gasteiger partial charge is 0.387 e. The van der Waals surface area contributed by atoms with Crippen molar-refractivity contribution in [3.63, 3.8) is 0 Å². The third kappa shape index (κ3) is 3.31. The predicted octanol–water partition coefficient (Wildman–Crippen LogP) is 1.89. The summed E-state index contributed by atoms with van der Waals surface area (Å²) in [5, 5.41) is 14.4. The van der Waals surface area contributed by atoms with Crippen LogP contribution < -0.4 is 5.32 Å². The van der Waals surface area contributed by atoms with Gasteiger partial charge in [0, 0.05) is 25.0 Å². The SMILES string of the molecule is CC1=NO[C@](C)(CNC(=O)CCc2n[nH]c3c2CCCC3)C1. The van der Waals surface area contributed by atoms with Gasteiger partial charge >= 0.3 is 0 Å². The Morgan fingerprint density at radius 1 is 1.41 bits per heavy atom. The number of fused-ring (bicyclic) bond motifs is 1. The van der Waals surface area contributed by atoms with Gasteiger partial charge in [0.1, 0.15) is 0 Å². The van der Waals surface area contributed by atoms with Gasteiger partial charge in [-0.1, -0.05) is 5.16 Å². The number of oxime groups is 1. The topological polar surface area (TPSA) is 79.4 Å². The maximum atomic E-state index is 12.0. The van der Waals surface area contributed by atoms with Gasteiger partial charge < -0.3 is 10.2 Å². The lowest BCUT2D eigenvalue weighted by molar-refractivity contribution is -0.122. The number of aromatic nitrogens is 2. The maximum absolute atomic E-state index is 12.0. The molecule has 2 aliphatic rings. The Kier molecular flexibility index (Phi) is 4.18. The Morgan fingerprint density at radius 2 is 2.23 bits per heavy atom. The zero-order valence-electron chi connectivity index (χ0n) is 13.4. The standard InChI is InChI=1S/C16H24N4O2/c1-11-9-16(2,22-20-11)10-17-15(21)8-7-14-12-5-3-4-6-13(12)18-19-14/h3-10H2,1-2H3,(H,17,21)(H,18,19)/t16-/m0/s1. The van der Waals surface area contributed by atoms with Crippen LogP contribution >= 0.6 is 0 Å². The van der Waals surface area contributed by atoms with Crippen molar-refractivity contribution in [1.29, 1.82) is 0 Å². The Balaban J connectivity index is 1.46. The number of hydrogen-bond donors (Lipinski definition) is 2. The molecule has 0 bridgehead atoms. The lowest BCUT2D eigenvalue weighted by atomic mass is 9.94. The van der Waals surface area contributed by atoms with Gasteiger partial charge in [-0.2, -0.15) is 5.10 Å². The third-order valence-corrected chi connectivity index (χ3v) is 4.44. The van der Waals surface area contributed by atoms with Crippen molar-refractivity contribution in [1.82, 2.24) is 15.5 Å². The highest BCUT2D eigenvalue weighted by atomic mass is 16.7. The van der Waals surface area contributed by atoms with Crippen LogP contribution in [0.5, 0.6) is 0 Å². The zero-order chi connectivity index (χ0) is 15.6. The Labute approximate surface area is 130 Å². The molecule has 22 heavy (non-hydrogen) atoms. The summed E-state index contributed by atoms with van der Waals surface area (Å²) in [6.45, 7) is 4.40. The first-order valence-electron chi connectivity index (χ1n) is 8.09. The number of carbonyl (C=O) groups is 1. The van der Waals surface area contributed by atoms with E-state index in [4.69, 9.17) is 4.84 Å². The van der Waals surface area contributed by atoms with Crippen LogP contribution in [0.3, 0.4) is 0 Å². The number of carbonyl (C=O) groups excluding carboxylic acids is 1. The van der Waals surface area contributed by atoms with E-state index in [-0.39, 0.29) is 5.91 Å². The van der Waals surface area contributed by atoms with Crippen molar-refractivity contribution in [2.45, 2.75) is 64.4 Å². The average molecular weight is 304 g/mol. The highest BCUT2D eigenvalue weighted by Gasteiger charge is 2.32. The minimum absolute atomic E-state index is 0.0435. The number of aryl methyl sites for hydroxylation is 2. The van der Waals surface area contributed by atoms with Crippen LogP contribution in [0.1, 0.15) is 56.5 Å². The van der Waals surface area contributed by atoms with Crippen LogP contribution in [-0.2, 0) is 28.9 Å². The number of rotatable bonds is 5. The number of hydrogen-bond acceptors (Lipinski definition) is 4. The summed E-state index contributed by atoms with van der Waals surface area (Å²) in [5.74, 6) is 0.0435. The van der Waals surface area contributed by atoms with Crippen molar-refractivity contribution < 1.29 is 9.63 Å².